The summed E-state index contributed by atoms with van der Waals surface area (Å²) in [7, 11) is 0. The van der Waals surface area contributed by atoms with Crippen molar-refractivity contribution in [3.05, 3.63) is 24.3 Å². The molecule has 1 aromatic rings. The standard InChI is InChI=1S/C14H21N3O/c15-13(12-10-16-6-7-17-12)11-3-8-18-14(9-11)4-1-2-5-14/h6-7,10-11,13H,1-5,8-9,15H2. The molecule has 2 aliphatic rings. The largest absolute Gasteiger partial charge is 0.375 e. The maximum Gasteiger partial charge on any atom is 0.0756 e. The van der Waals surface area contributed by atoms with E-state index in [1.165, 1.54) is 25.7 Å². The first-order chi connectivity index (χ1) is 8.79. The van der Waals surface area contributed by atoms with Crippen LogP contribution in [0, 0.1) is 5.92 Å². The van der Waals surface area contributed by atoms with Crippen LogP contribution < -0.4 is 5.73 Å². The molecule has 1 spiro atoms. The Kier molecular flexibility index (Phi) is 3.31. The molecule has 3 rings (SSSR count). The zero-order valence-corrected chi connectivity index (χ0v) is 10.7. The Balaban J connectivity index is 1.72. The summed E-state index contributed by atoms with van der Waals surface area (Å²) in [5.41, 5.74) is 7.40. The lowest BCUT2D eigenvalue weighted by molar-refractivity contribution is -0.0965. The number of hydrogen-bond acceptors (Lipinski definition) is 4. The van der Waals surface area contributed by atoms with E-state index in [1.807, 2.05) is 0 Å². The summed E-state index contributed by atoms with van der Waals surface area (Å²) in [5.74, 6) is 0.480. The Morgan fingerprint density at radius 1 is 1.33 bits per heavy atom. The average Bonchev–Trinajstić information content (AvgIpc) is 2.87. The predicted molar refractivity (Wildman–Crippen MR) is 68.8 cm³/mol. The molecule has 98 valence electrons. The second kappa shape index (κ2) is 4.94. The summed E-state index contributed by atoms with van der Waals surface area (Å²) in [4.78, 5) is 8.46. The summed E-state index contributed by atoms with van der Waals surface area (Å²) in [6.07, 6.45) is 12.3. The third-order valence-corrected chi connectivity index (χ3v) is 4.48. The van der Waals surface area contributed by atoms with Gasteiger partial charge in [0.25, 0.3) is 0 Å². The summed E-state index contributed by atoms with van der Waals surface area (Å²) in [6.45, 7) is 0.846. The number of ether oxygens (including phenoxy) is 1. The lowest BCUT2D eigenvalue weighted by Crippen LogP contribution is -2.40. The number of nitrogens with zero attached hydrogens (tertiary/aromatic N) is 2. The van der Waals surface area contributed by atoms with E-state index in [0.717, 1.165) is 25.1 Å². The van der Waals surface area contributed by atoms with Crippen LogP contribution in [0.4, 0.5) is 0 Å². The van der Waals surface area contributed by atoms with Crippen molar-refractivity contribution in [3.8, 4) is 0 Å². The van der Waals surface area contributed by atoms with Crippen molar-refractivity contribution >= 4 is 0 Å². The van der Waals surface area contributed by atoms with Gasteiger partial charge in [0.15, 0.2) is 0 Å². The maximum absolute atomic E-state index is 6.36. The molecule has 1 aliphatic carbocycles. The van der Waals surface area contributed by atoms with E-state index in [1.54, 1.807) is 18.6 Å². The van der Waals surface area contributed by atoms with E-state index >= 15 is 0 Å². The Bertz CT molecular complexity index is 389. The van der Waals surface area contributed by atoms with E-state index in [4.69, 9.17) is 10.5 Å². The summed E-state index contributed by atoms with van der Waals surface area (Å²) < 4.78 is 6.05. The van der Waals surface area contributed by atoms with E-state index in [-0.39, 0.29) is 11.6 Å². The van der Waals surface area contributed by atoms with Crippen molar-refractivity contribution in [2.45, 2.75) is 50.2 Å². The van der Waals surface area contributed by atoms with Crippen molar-refractivity contribution in [1.82, 2.24) is 9.97 Å². The normalized spacial score (nSPS) is 28.4. The topological polar surface area (TPSA) is 61.0 Å². The third kappa shape index (κ3) is 2.27. The van der Waals surface area contributed by atoms with Gasteiger partial charge in [-0.1, -0.05) is 12.8 Å². The molecular weight excluding hydrogens is 226 g/mol. The van der Waals surface area contributed by atoms with Crippen molar-refractivity contribution < 1.29 is 4.74 Å². The lowest BCUT2D eigenvalue weighted by atomic mass is 9.80. The molecule has 2 heterocycles. The van der Waals surface area contributed by atoms with Crippen molar-refractivity contribution in [1.29, 1.82) is 0 Å². The zero-order valence-electron chi connectivity index (χ0n) is 10.7. The smallest absolute Gasteiger partial charge is 0.0756 e. The fraction of sp³-hybridized carbons (Fsp3) is 0.714. The van der Waals surface area contributed by atoms with Gasteiger partial charge in [0.1, 0.15) is 0 Å². The highest BCUT2D eigenvalue weighted by atomic mass is 16.5. The Morgan fingerprint density at radius 3 is 2.89 bits per heavy atom. The molecule has 18 heavy (non-hydrogen) atoms. The summed E-state index contributed by atoms with van der Waals surface area (Å²) >= 11 is 0. The fourth-order valence-electron chi connectivity index (χ4n) is 3.46. The minimum absolute atomic E-state index is 0.0000694. The van der Waals surface area contributed by atoms with Gasteiger partial charge in [-0.15, -0.1) is 0 Å². The highest BCUT2D eigenvalue weighted by Gasteiger charge is 2.41. The van der Waals surface area contributed by atoms with Crippen LogP contribution in [0.25, 0.3) is 0 Å². The van der Waals surface area contributed by atoms with Crippen molar-refractivity contribution in [2.75, 3.05) is 6.61 Å². The van der Waals surface area contributed by atoms with Crippen LogP contribution in [-0.4, -0.2) is 22.2 Å². The molecule has 1 saturated carbocycles. The van der Waals surface area contributed by atoms with Crippen LogP contribution in [0.1, 0.15) is 50.3 Å². The van der Waals surface area contributed by atoms with Crippen LogP contribution in [-0.2, 0) is 4.74 Å². The fourth-order valence-corrected chi connectivity index (χ4v) is 3.46. The van der Waals surface area contributed by atoms with Gasteiger partial charge < -0.3 is 10.5 Å². The van der Waals surface area contributed by atoms with Gasteiger partial charge in [-0.3, -0.25) is 9.97 Å². The van der Waals surface area contributed by atoms with E-state index in [9.17, 15) is 0 Å². The Morgan fingerprint density at radius 2 is 2.17 bits per heavy atom. The van der Waals surface area contributed by atoms with Gasteiger partial charge in [0.05, 0.1) is 17.3 Å². The van der Waals surface area contributed by atoms with Crippen LogP contribution in [0.3, 0.4) is 0 Å². The first-order valence-electron chi connectivity index (χ1n) is 6.95. The Hall–Kier alpha value is -1.00. The van der Waals surface area contributed by atoms with Gasteiger partial charge in [-0.05, 0) is 31.6 Å². The third-order valence-electron chi connectivity index (χ3n) is 4.48. The second-order valence-electron chi connectivity index (χ2n) is 5.65. The molecule has 0 aromatic carbocycles. The molecule has 1 aromatic heterocycles. The van der Waals surface area contributed by atoms with Crippen molar-refractivity contribution in [2.24, 2.45) is 11.7 Å². The predicted octanol–water partition coefficient (Wildman–Crippen LogP) is 2.22. The highest BCUT2D eigenvalue weighted by Crippen LogP contribution is 2.44. The number of nitrogens with two attached hydrogens (primary N) is 1. The molecular formula is C14H21N3O. The van der Waals surface area contributed by atoms with Crippen LogP contribution in [0.15, 0.2) is 18.6 Å². The second-order valence-corrected chi connectivity index (χ2v) is 5.65. The minimum Gasteiger partial charge on any atom is -0.375 e. The zero-order chi connectivity index (χ0) is 12.4. The van der Waals surface area contributed by atoms with Gasteiger partial charge in [-0.2, -0.15) is 0 Å². The van der Waals surface area contributed by atoms with Gasteiger partial charge in [-0.25, -0.2) is 0 Å². The van der Waals surface area contributed by atoms with Gasteiger partial charge in [0, 0.05) is 25.2 Å². The van der Waals surface area contributed by atoms with Gasteiger partial charge >= 0.3 is 0 Å². The number of aromatic nitrogens is 2. The first-order valence-corrected chi connectivity index (χ1v) is 6.95. The van der Waals surface area contributed by atoms with Gasteiger partial charge in [0.2, 0.25) is 0 Å². The monoisotopic (exact) mass is 247 g/mol. The van der Waals surface area contributed by atoms with E-state index in [2.05, 4.69) is 9.97 Å². The quantitative estimate of drug-likeness (QED) is 0.870. The molecule has 2 unspecified atom stereocenters. The minimum atomic E-state index is 0.0000694. The molecule has 4 nitrogen and oxygen atoms in total. The maximum atomic E-state index is 6.36. The SMILES string of the molecule is NC(c1cnccn1)C1CCOC2(CCCC2)C1. The summed E-state index contributed by atoms with van der Waals surface area (Å²) in [6, 6.07) is 0.0000694. The molecule has 2 atom stereocenters. The molecule has 0 amide bonds. The van der Waals surface area contributed by atoms with Crippen LogP contribution in [0.2, 0.25) is 0 Å². The van der Waals surface area contributed by atoms with E-state index in [0.29, 0.717) is 5.92 Å². The molecule has 4 heteroatoms. The lowest BCUT2D eigenvalue weighted by Gasteiger charge is -2.40. The molecule has 0 bridgehead atoms. The Labute approximate surface area is 108 Å². The molecule has 2 fully saturated rings. The van der Waals surface area contributed by atoms with Crippen LogP contribution in [0.5, 0.6) is 0 Å². The first kappa shape index (κ1) is 12.1. The number of hydrogen-bond donors (Lipinski definition) is 1. The highest BCUT2D eigenvalue weighted by molar-refractivity contribution is 5.05. The van der Waals surface area contributed by atoms with E-state index < -0.39 is 0 Å². The molecule has 0 radical (unpaired) electrons. The average molecular weight is 247 g/mol. The van der Waals surface area contributed by atoms with Crippen LogP contribution >= 0.6 is 0 Å². The number of rotatable bonds is 2. The molecule has 1 aliphatic heterocycles. The summed E-state index contributed by atoms with van der Waals surface area (Å²) in [5, 5.41) is 0. The molecule has 1 saturated heterocycles. The van der Waals surface area contributed by atoms with Crippen molar-refractivity contribution in [3.63, 3.8) is 0 Å². The molecule has 2 N–H and O–H groups in total.